The van der Waals surface area contributed by atoms with Gasteiger partial charge in [-0.1, -0.05) is 31.9 Å². The average molecular weight is 332 g/mol. The quantitative estimate of drug-likeness (QED) is 0.692. The van der Waals surface area contributed by atoms with Crippen molar-refractivity contribution >= 4 is 23.0 Å². The zero-order valence-electron chi connectivity index (χ0n) is 14.1. The second kappa shape index (κ2) is 8.33. The maximum absolute atomic E-state index is 12.3. The molecule has 0 spiro atoms. The number of aliphatic carboxylic acids is 1. The molecule has 7 nitrogen and oxygen atoms in total. The Hall–Kier alpha value is -2.57. The molecule has 24 heavy (non-hydrogen) atoms. The van der Waals surface area contributed by atoms with E-state index in [1.54, 1.807) is 7.05 Å². The Morgan fingerprint density at radius 3 is 2.79 bits per heavy atom. The Kier molecular flexibility index (Phi) is 6.17. The number of amides is 2. The number of carboxylic acid groups (broad SMARTS) is 1. The number of benzene rings is 1. The van der Waals surface area contributed by atoms with Crippen molar-refractivity contribution in [1.82, 2.24) is 20.2 Å². The Morgan fingerprint density at radius 2 is 2.12 bits per heavy atom. The lowest BCUT2D eigenvalue weighted by molar-refractivity contribution is -0.137. The number of carbonyl (C=O) groups is 2. The molecule has 1 aromatic heterocycles. The van der Waals surface area contributed by atoms with E-state index in [0.717, 1.165) is 23.9 Å². The molecule has 0 saturated heterocycles. The predicted molar refractivity (Wildman–Crippen MR) is 91.7 cm³/mol. The third-order valence-corrected chi connectivity index (χ3v) is 3.83. The van der Waals surface area contributed by atoms with Gasteiger partial charge in [0.15, 0.2) is 0 Å². The number of imidazole rings is 1. The third kappa shape index (κ3) is 4.97. The van der Waals surface area contributed by atoms with Crippen LogP contribution in [0.2, 0.25) is 0 Å². The molecule has 1 heterocycles. The first kappa shape index (κ1) is 17.8. The molecule has 0 saturated carbocycles. The zero-order chi connectivity index (χ0) is 17.5. The minimum Gasteiger partial charge on any atom is -0.481 e. The molecular weight excluding hydrogens is 308 g/mol. The molecule has 2 rings (SSSR count). The van der Waals surface area contributed by atoms with Gasteiger partial charge in [-0.2, -0.15) is 0 Å². The van der Waals surface area contributed by atoms with E-state index in [0.29, 0.717) is 18.8 Å². The SMILES string of the molecule is CCCC[C@@H](CC(=O)O)NC(=O)N(C)Cc1nc2ccccc2[nH]1. The number of aromatic nitrogens is 2. The number of para-hydroxylation sites is 2. The topological polar surface area (TPSA) is 98.3 Å². The minimum absolute atomic E-state index is 0.0653. The summed E-state index contributed by atoms with van der Waals surface area (Å²) in [6, 6.07) is 7.02. The second-order valence-corrected chi connectivity index (χ2v) is 5.94. The summed E-state index contributed by atoms with van der Waals surface area (Å²) >= 11 is 0. The Morgan fingerprint density at radius 1 is 1.38 bits per heavy atom. The van der Waals surface area contributed by atoms with Crippen LogP contribution < -0.4 is 5.32 Å². The Labute approximate surface area is 141 Å². The molecule has 0 aliphatic heterocycles. The van der Waals surface area contributed by atoms with Crippen molar-refractivity contribution in [2.45, 2.75) is 45.2 Å². The van der Waals surface area contributed by atoms with Crippen molar-refractivity contribution in [2.24, 2.45) is 0 Å². The van der Waals surface area contributed by atoms with Crippen LogP contribution in [-0.4, -0.2) is 45.1 Å². The lowest BCUT2D eigenvalue weighted by atomic mass is 10.1. The Bertz CT molecular complexity index is 665. The summed E-state index contributed by atoms with van der Waals surface area (Å²) in [5, 5.41) is 11.8. The van der Waals surface area contributed by atoms with Crippen LogP contribution in [0.3, 0.4) is 0 Å². The summed E-state index contributed by atoms with van der Waals surface area (Å²) in [5.74, 6) is -0.214. The van der Waals surface area contributed by atoms with Crippen LogP contribution in [0, 0.1) is 0 Å². The van der Waals surface area contributed by atoms with Gasteiger partial charge in [-0.05, 0) is 18.6 Å². The van der Waals surface area contributed by atoms with Crippen LogP contribution >= 0.6 is 0 Å². The number of nitrogens with zero attached hydrogens (tertiary/aromatic N) is 2. The minimum atomic E-state index is -0.906. The summed E-state index contributed by atoms with van der Waals surface area (Å²) in [5.41, 5.74) is 1.78. The van der Waals surface area contributed by atoms with Crippen molar-refractivity contribution in [1.29, 1.82) is 0 Å². The van der Waals surface area contributed by atoms with E-state index in [4.69, 9.17) is 5.11 Å². The Balaban J connectivity index is 1.95. The number of urea groups is 1. The normalized spacial score (nSPS) is 12.1. The van der Waals surface area contributed by atoms with E-state index in [1.807, 2.05) is 31.2 Å². The fraction of sp³-hybridized carbons (Fsp3) is 0.471. The first-order chi connectivity index (χ1) is 11.5. The molecule has 130 valence electrons. The highest BCUT2D eigenvalue weighted by atomic mass is 16.4. The molecule has 2 amide bonds. The highest BCUT2D eigenvalue weighted by molar-refractivity contribution is 5.76. The maximum Gasteiger partial charge on any atom is 0.317 e. The van der Waals surface area contributed by atoms with Gasteiger partial charge in [0, 0.05) is 13.1 Å². The molecular formula is C17H24N4O3. The van der Waals surface area contributed by atoms with Gasteiger partial charge in [0.1, 0.15) is 5.82 Å². The summed E-state index contributed by atoms with van der Waals surface area (Å²) < 4.78 is 0. The van der Waals surface area contributed by atoms with Crippen LogP contribution in [0.25, 0.3) is 11.0 Å². The molecule has 0 fully saturated rings. The van der Waals surface area contributed by atoms with Crippen molar-refractivity contribution in [2.75, 3.05) is 7.05 Å². The molecule has 1 atom stereocenters. The molecule has 1 aromatic carbocycles. The molecule has 7 heteroatoms. The zero-order valence-corrected chi connectivity index (χ0v) is 14.1. The number of fused-ring (bicyclic) bond motifs is 1. The highest BCUT2D eigenvalue weighted by Crippen LogP contribution is 2.12. The smallest absolute Gasteiger partial charge is 0.317 e. The highest BCUT2D eigenvalue weighted by Gasteiger charge is 2.18. The fourth-order valence-electron chi connectivity index (χ4n) is 2.55. The number of carboxylic acids is 1. The first-order valence-corrected chi connectivity index (χ1v) is 8.16. The summed E-state index contributed by atoms with van der Waals surface area (Å²) in [7, 11) is 1.67. The maximum atomic E-state index is 12.3. The van der Waals surface area contributed by atoms with E-state index in [1.165, 1.54) is 4.90 Å². The van der Waals surface area contributed by atoms with Crippen molar-refractivity contribution < 1.29 is 14.7 Å². The number of nitrogens with one attached hydrogen (secondary N) is 2. The van der Waals surface area contributed by atoms with Crippen LogP contribution in [0.4, 0.5) is 4.79 Å². The number of hydrogen-bond donors (Lipinski definition) is 3. The van der Waals surface area contributed by atoms with Crippen LogP contribution in [0.1, 0.15) is 38.4 Å². The van der Waals surface area contributed by atoms with Gasteiger partial charge >= 0.3 is 12.0 Å². The number of aromatic amines is 1. The number of H-pyrrole nitrogens is 1. The molecule has 3 N–H and O–H groups in total. The fourth-order valence-corrected chi connectivity index (χ4v) is 2.55. The van der Waals surface area contributed by atoms with E-state index < -0.39 is 5.97 Å². The van der Waals surface area contributed by atoms with Crippen LogP contribution in [0.15, 0.2) is 24.3 Å². The molecule has 0 aliphatic rings. The number of carbonyl (C=O) groups excluding carboxylic acids is 1. The van der Waals surface area contributed by atoms with Gasteiger partial charge in [-0.15, -0.1) is 0 Å². The van der Waals surface area contributed by atoms with E-state index >= 15 is 0 Å². The number of hydrogen-bond acceptors (Lipinski definition) is 3. The molecule has 0 bridgehead atoms. The summed E-state index contributed by atoms with van der Waals surface area (Å²) in [6.45, 7) is 2.36. The number of unbranched alkanes of at least 4 members (excludes halogenated alkanes) is 1. The summed E-state index contributed by atoms with van der Waals surface area (Å²) in [6.07, 6.45) is 2.43. The van der Waals surface area contributed by atoms with Crippen LogP contribution in [-0.2, 0) is 11.3 Å². The first-order valence-electron chi connectivity index (χ1n) is 8.16. The van der Waals surface area contributed by atoms with Crippen molar-refractivity contribution in [3.63, 3.8) is 0 Å². The monoisotopic (exact) mass is 332 g/mol. The van der Waals surface area contributed by atoms with Gasteiger partial charge in [0.05, 0.1) is 24.0 Å². The van der Waals surface area contributed by atoms with Gasteiger partial charge in [-0.3, -0.25) is 4.79 Å². The standard InChI is InChI=1S/C17H24N4O3/c1-3-4-7-12(10-16(22)23)18-17(24)21(2)11-15-19-13-8-5-6-9-14(13)20-15/h5-6,8-9,12H,3-4,7,10-11H2,1-2H3,(H,18,24)(H,19,20)(H,22,23)/t12-/m0/s1. The summed E-state index contributed by atoms with van der Waals surface area (Å²) in [4.78, 5) is 32.3. The van der Waals surface area contributed by atoms with E-state index in [-0.39, 0.29) is 18.5 Å². The average Bonchev–Trinajstić information content (AvgIpc) is 2.94. The third-order valence-electron chi connectivity index (χ3n) is 3.83. The molecule has 0 unspecified atom stereocenters. The van der Waals surface area contributed by atoms with Gasteiger partial charge in [0.2, 0.25) is 0 Å². The van der Waals surface area contributed by atoms with Gasteiger partial charge < -0.3 is 20.3 Å². The van der Waals surface area contributed by atoms with Gasteiger partial charge in [0.25, 0.3) is 0 Å². The van der Waals surface area contributed by atoms with E-state index in [2.05, 4.69) is 15.3 Å². The van der Waals surface area contributed by atoms with Crippen molar-refractivity contribution in [3.05, 3.63) is 30.1 Å². The van der Waals surface area contributed by atoms with Crippen molar-refractivity contribution in [3.8, 4) is 0 Å². The molecule has 2 aromatic rings. The second-order valence-electron chi connectivity index (χ2n) is 5.94. The lowest BCUT2D eigenvalue weighted by Gasteiger charge is -2.22. The van der Waals surface area contributed by atoms with Gasteiger partial charge in [-0.25, -0.2) is 9.78 Å². The van der Waals surface area contributed by atoms with Crippen LogP contribution in [0.5, 0.6) is 0 Å². The molecule has 0 radical (unpaired) electrons. The van der Waals surface area contributed by atoms with E-state index in [9.17, 15) is 9.59 Å². The predicted octanol–water partition coefficient (Wildman–Crippen LogP) is 2.74. The number of rotatable bonds is 8. The lowest BCUT2D eigenvalue weighted by Crippen LogP contribution is -2.43. The largest absolute Gasteiger partial charge is 0.481 e. The molecule has 0 aliphatic carbocycles.